The first-order chi connectivity index (χ1) is 4.83. The Hall–Kier alpha value is -0.130. The minimum atomic E-state index is 0.836. The van der Waals surface area contributed by atoms with Crippen LogP contribution in [0.3, 0.4) is 0 Å². The van der Waals surface area contributed by atoms with Crippen LogP contribution in [0.2, 0.25) is 0 Å². The average Bonchev–Trinajstić information content (AvgIpc) is 2.51. The van der Waals surface area contributed by atoms with Gasteiger partial charge in [-0.25, -0.2) is 0 Å². The van der Waals surface area contributed by atoms with Crippen LogP contribution in [0.15, 0.2) is 0 Å². The number of hydrogen-bond acceptors (Lipinski definition) is 0. The second-order valence-electron chi connectivity index (χ2n) is 4.55. The van der Waals surface area contributed by atoms with Crippen molar-refractivity contribution in [2.45, 2.75) is 39.0 Å². The Balaban J connectivity index is 1.99. The Bertz CT molecular complexity index is 163. The first kappa shape index (κ1) is 5.51. The normalized spacial score (nSPS) is 47.1. The molecule has 0 radical (unpaired) electrons. The van der Waals surface area contributed by atoms with Crippen molar-refractivity contribution < 1.29 is 0 Å². The zero-order chi connectivity index (χ0) is 6.77. The smallest absolute Gasteiger partial charge is 0.0413 e. The van der Waals surface area contributed by atoms with E-state index in [1.807, 2.05) is 5.92 Å². The molecule has 0 heteroatoms. The van der Waals surface area contributed by atoms with Gasteiger partial charge in [-0.1, -0.05) is 0 Å². The predicted molar refractivity (Wildman–Crippen MR) is 41.4 cm³/mol. The zero-order valence-electron chi connectivity index (χ0n) is 6.69. The van der Waals surface area contributed by atoms with Crippen molar-refractivity contribution in [2.75, 3.05) is 0 Å². The molecule has 3 fully saturated rings. The molecule has 0 saturated heterocycles. The third-order valence-electron chi connectivity index (χ3n) is 4.40. The van der Waals surface area contributed by atoms with Crippen LogP contribution in [-0.2, 0) is 0 Å². The van der Waals surface area contributed by atoms with E-state index in [0.29, 0.717) is 0 Å². The van der Waals surface area contributed by atoms with Gasteiger partial charge in [-0.05, 0) is 32.1 Å². The fourth-order valence-corrected chi connectivity index (χ4v) is 3.54. The Morgan fingerprint density at radius 3 is 2.50 bits per heavy atom. The Morgan fingerprint density at radius 2 is 2.10 bits per heavy atom. The van der Waals surface area contributed by atoms with Crippen LogP contribution in [-0.4, -0.2) is 0 Å². The molecule has 0 N–H and O–H groups in total. The van der Waals surface area contributed by atoms with E-state index in [1.165, 1.54) is 6.42 Å². The van der Waals surface area contributed by atoms with E-state index in [1.54, 1.807) is 25.7 Å². The topological polar surface area (TPSA) is 0 Å². The summed E-state index contributed by atoms with van der Waals surface area (Å²) in [5.74, 6) is 4.09. The number of hydrogen-bond donors (Lipinski definition) is 0. The highest BCUT2D eigenvalue weighted by atomic mass is 14.7. The van der Waals surface area contributed by atoms with E-state index in [9.17, 15) is 0 Å². The first-order valence-corrected chi connectivity index (χ1v) is 4.67. The zero-order valence-corrected chi connectivity index (χ0v) is 6.69. The summed E-state index contributed by atoms with van der Waals surface area (Å²) in [5, 5.41) is 0. The molecule has 3 aliphatic rings. The lowest BCUT2D eigenvalue weighted by Crippen LogP contribution is -2.18. The molecule has 0 aromatic rings. The third kappa shape index (κ3) is 0.416. The summed E-state index contributed by atoms with van der Waals surface area (Å²) in [5.41, 5.74) is 0.836. The van der Waals surface area contributed by atoms with Crippen molar-refractivity contribution in [1.82, 2.24) is 0 Å². The van der Waals surface area contributed by atoms with Gasteiger partial charge in [-0.3, -0.25) is 0 Å². The van der Waals surface area contributed by atoms with Crippen molar-refractivity contribution in [2.24, 2.45) is 17.3 Å². The van der Waals surface area contributed by atoms with Gasteiger partial charge in [0.05, 0.1) is 12.8 Å². The summed E-state index contributed by atoms with van der Waals surface area (Å²) < 4.78 is 0. The van der Waals surface area contributed by atoms with E-state index >= 15 is 0 Å². The molecular formula is C10H15+. The van der Waals surface area contributed by atoms with Gasteiger partial charge in [0, 0.05) is 5.92 Å². The van der Waals surface area contributed by atoms with Gasteiger partial charge in [0.25, 0.3) is 0 Å². The summed E-state index contributed by atoms with van der Waals surface area (Å²) in [7, 11) is 0. The van der Waals surface area contributed by atoms with Crippen molar-refractivity contribution in [3.63, 3.8) is 0 Å². The number of rotatable bonds is 0. The van der Waals surface area contributed by atoms with Gasteiger partial charge in [0.1, 0.15) is 11.3 Å². The molecule has 0 aliphatic heterocycles. The molecule has 2 bridgehead atoms. The minimum Gasteiger partial charge on any atom is -0.0413 e. The molecule has 3 saturated carbocycles. The lowest BCUT2D eigenvalue weighted by molar-refractivity contribution is 0.343. The molecule has 0 aromatic carbocycles. The highest BCUT2D eigenvalue weighted by Crippen LogP contribution is 2.72. The Labute approximate surface area is 63.0 Å². The second kappa shape index (κ2) is 1.39. The minimum absolute atomic E-state index is 0.836. The average molecular weight is 135 g/mol. The summed E-state index contributed by atoms with van der Waals surface area (Å²) in [6.45, 7) is 2.43. The highest BCUT2D eigenvalue weighted by molar-refractivity contribution is 5.26. The van der Waals surface area contributed by atoms with Crippen LogP contribution in [0.1, 0.15) is 39.0 Å². The van der Waals surface area contributed by atoms with Crippen molar-refractivity contribution >= 4 is 0 Å². The molecule has 0 unspecified atom stereocenters. The molecule has 0 heterocycles. The van der Waals surface area contributed by atoms with Crippen molar-refractivity contribution in [1.29, 1.82) is 0 Å². The van der Waals surface area contributed by atoms with E-state index in [0.717, 1.165) is 17.3 Å². The van der Waals surface area contributed by atoms with Crippen LogP contribution in [0.4, 0.5) is 0 Å². The van der Waals surface area contributed by atoms with Crippen LogP contribution < -0.4 is 0 Å². The van der Waals surface area contributed by atoms with E-state index in [4.69, 9.17) is 0 Å². The molecule has 0 aromatic heterocycles. The van der Waals surface area contributed by atoms with Gasteiger partial charge in [-0.2, -0.15) is 0 Å². The lowest BCUT2D eigenvalue weighted by Gasteiger charge is -2.17. The molecular weight excluding hydrogens is 120 g/mol. The molecule has 1 spiro atoms. The molecule has 0 amide bonds. The standard InChI is InChI=1S/C10H15/c1-7-8-2-3-9(6-8)10(7)4-5-10/h8-9H,2-6H2,1H3/q+1/t8-,9+/m1/s1. The quantitative estimate of drug-likeness (QED) is 0.448. The van der Waals surface area contributed by atoms with Gasteiger partial charge >= 0.3 is 0 Å². The largest absolute Gasteiger partial charge is 0.114 e. The van der Waals surface area contributed by atoms with Crippen LogP contribution in [0, 0.1) is 23.2 Å². The third-order valence-corrected chi connectivity index (χ3v) is 4.40. The van der Waals surface area contributed by atoms with Gasteiger partial charge in [0.2, 0.25) is 0 Å². The van der Waals surface area contributed by atoms with Crippen LogP contribution in [0.5, 0.6) is 0 Å². The maximum Gasteiger partial charge on any atom is 0.114 e. The lowest BCUT2D eigenvalue weighted by atomic mass is 9.78. The first-order valence-electron chi connectivity index (χ1n) is 4.67. The molecule has 3 aliphatic carbocycles. The monoisotopic (exact) mass is 135 g/mol. The molecule has 2 atom stereocenters. The predicted octanol–water partition coefficient (Wildman–Crippen LogP) is 2.79. The van der Waals surface area contributed by atoms with Gasteiger partial charge in [-0.15, -0.1) is 0 Å². The molecule has 10 heavy (non-hydrogen) atoms. The van der Waals surface area contributed by atoms with E-state index in [-0.39, 0.29) is 0 Å². The summed E-state index contributed by atoms with van der Waals surface area (Å²) >= 11 is 0. The summed E-state index contributed by atoms with van der Waals surface area (Å²) in [6.07, 6.45) is 7.73. The van der Waals surface area contributed by atoms with Gasteiger partial charge in [0.15, 0.2) is 0 Å². The summed E-state index contributed by atoms with van der Waals surface area (Å²) in [4.78, 5) is 0. The maximum atomic E-state index is 2.43. The Kier molecular flexibility index (Phi) is 0.767. The summed E-state index contributed by atoms with van der Waals surface area (Å²) in [6, 6.07) is 0. The second-order valence-corrected chi connectivity index (χ2v) is 4.55. The van der Waals surface area contributed by atoms with Crippen LogP contribution in [0.25, 0.3) is 0 Å². The molecule has 0 nitrogen and oxygen atoms in total. The maximum absolute atomic E-state index is 2.43. The van der Waals surface area contributed by atoms with Gasteiger partial charge < -0.3 is 0 Å². The van der Waals surface area contributed by atoms with Crippen LogP contribution >= 0.6 is 0 Å². The van der Waals surface area contributed by atoms with E-state index in [2.05, 4.69) is 6.92 Å². The van der Waals surface area contributed by atoms with E-state index < -0.39 is 0 Å². The fraction of sp³-hybridized carbons (Fsp3) is 0.900. The fourth-order valence-electron chi connectivity index (χ4n) is 3.54. The molecule has 3 rings (SSSR count). The van der Waals surface area contributed by atoms with Crippen molar-refractivity contribution in [3.05, 3.63) is 5.92 Å². The number of fused-ring (bicyclic) bond motifs is 3. The van der Waals surface area contributed by atoms with Crippen molar-refractivity contribution in [3.8, 4) is 0 Å². The SMILES string of the molecule is C[C+]1[C@@H]2CC[C@@H](C2)C12CC2. The highest BCUT2D eigenvalue weighted by Gasteiger charge is 2.71. The Morgan fingerprint density at radius 1 is 1.30 bits per heavy atom. The molecule has 54 valence electrons.